The van der Waals surface area contributed by atoms with Crippen molar-refractivity contribution in [3.8, 4) is 0 Å². The molecule has 3 heteroatoms. The van der Waals surface area contributed by atoms with E-state index in [1.54, 1.807) is 7.11 Å². The van der Waals surface area contributed by atoms with Crippen molar-refractivity contribution in [1.82, 2.24) is 5.32 Å². The first-order valence-corrected chi connectivity index (χ1v) is 6.00. The van der Waals surface area contributed by atoms with Crippen LogP contribution in [-0.2, 0) is 4.74 Å². The van der Waals surface area contributed by atoms with Crippen molar-refractivity contribution in [3.63, 3.8) is 0 Å². The highest BCUT2D eigenvalue weighted by molar-refractivity contribution is 6.31. The molecule has 0 bridgehead atoms. The van der Waals surface area contributed by atoms with Gasteiger partial charge in [0.25, 0.3) is 0 Å². The first kappa shape index (κ1) is 13.5. The van der Waals surface area contributed by atoms with Crippen molar-refractivity contribution >= 4 is 11.6 Å². The first-order chi connectivity index (χ1) is 7.60. The lowest BCUT2D eigenvalue weighted by Crippen LogP contribution is -2.31. The third-order valence-corrected chi connectivity index (χ3v) is 3.23. The Morgan fingerprint density at radius 1 is 1.44 bits per heavy atom. The summed E-state index contributed by atoms with van der Waals surface area (Å²) < 4.78 is 5.38. The van der Waals surface area contributed by atoms with E-state index in [1.807, 2.05) is 19.1 Å². The summed E-state index contributed by atoms with van der Waals surface area (Å²) in [6.07, 6.45) is 0.124. The summed E-state index contributed by atoms with van der Waals surface area (Å²) in [7, 11) is 1.73. The second-order valence-electron chi connectivity index (χ2n) is 3.98. The van der Waals surface area contributed by atoms with Crippen molar-refractivity contribution in [3.05, 3.63) is 34.3 Å². The minimum atomic E-state index is 0.124. The van der Waals surface area contributed by atoms with Gasteiger partial charge in [-0.3, -0.25) is 0 Å². The summed E-state index contributed by atoms with van der Waals surface area (Å²) >= 11 is 6.14. The lowest BCUT2D eigenvalue weighted by molar-refractivity contribution is 0.0836. The third-order valence-electron chi connectivity index (χ3n) is 2.82. The second kappa shape index (κ2) is 6.24. The molecule has 0 spiro atoms. The molecule has 0 saturated heterocycles. The zero-order valence-corrected chi connectivity index (χ0v) is 11.1. The molecule has 16 heavy (non-hydrogen) atoms. The van der Waals surface area contributed by atoms with E-state index in [9.17, 15) is 0 Å². The minimum Gasteiger partial charge on any atom is -0.380 e. The van der Waals surface area contributed by atoms with Crippen molar-refractivity contribution in [1.29, 1.82) is 0 Å². The SMILES string of the molecule is CCNC(c1ccc(C)c(Cl)c1)C(C)OC. The van der Waals surface area contributed by atoms with Gasteiger partial charge in [-0.15, -0.1) is 0 Å². The quantitative estimate of drug-likeness (QED) is 0.854. The summed E-state index contributed by atoms with van der Waals surface area (Å²) in [5.74, 6) is 0. The van der Waals surface area contributed by atoms with Crippen LogP contribution >= 0.6 is 11.6 Å². The first-order valence-electron chi connectivity index (χ1n) is 5.62. The maximum atomic E-state index is 6.14. The van der Waals surface area contributed by atoms with E-state index in [2.05, 4.69) is 25.2 Å². The van der Waals surface area contributed by atoms with Crippen LogP contribution in [0.2, 0.25) is 5.02 Å². The smallest absolute Gasteiger partial charge is 0.0737 e. The molecule has 1 aromatic rings. The summed E-state index contributed by atoms with van der Waals surface area (Å²) in [5, 5.41) is 4.22. The molecule has 2 unspecified atom stereocenters. The summed E-state index contributed by atoms with van der Waals surface area (Å²) in [6.45, 7) is 7.06. The van der Waals surface area contributed by atoms with E-state index in [4.69, 9.17) is 16.3 Å². The summed E-state index contributed by atoms with van der Waals surface area (Å²) in [6, 6.07) is 6.35. The van der Waals surface area contributed by atoms with Gasteiger partial charge >= 0.3 is 0 Å². The normalized spacial score (nSPS) is 14.8. The lowest BCUT2D eigenvalue weighted by atomic mass is 10.0. The van der Waals surface area contributed by atoms with Crippen molar-refractivity contribution in [2.75, 3.05) is 13.7 Å². The number of ether oxygens (including phenoxy) is 1. The van der Waals surface area contributed by atoms with Gasteiger partial charge in [0.15, 0.2) is 0 Å². The largest absolute Gasteiger partial charge is 0.380 e. The van der Waals surface area contributed by atoms with Crippen LogP contribution in [0.15, 0.2) is 18.2 Å². The maximum absolute atomic E-state index is 6.14. The molecule has 2 nitrogen and oxygen atoms in total. The highest BCUT2D eigenvalue weighted by atomic mass is 35.5. The predicted octanol–water partition coefficient (Wildman–Crippen LogP) is 3.33. The number of rotatable bonds is 5. The zero-order chi connectivity index (χ0) is 12.1. The molecule has 2 atom stereocenters. The summed E-state index contributed by atoms with van der Waals surface area (Å²) in [4.78, 5) is 0. The Morgan fingerprint density at radius 2 is 2.12 bits per heavy atom. The van der Waals surface area contributed by atoms with Gasteiger partial charge in [0.05, 0.1) is 12.1 Å². The van der Waals surface area contributed by atoms with E-state index in [0.29, 0.717) is 0 Å². The molecule has 1 N–H and O–H groups in total. The fourth-order valence-electron chi connectivity index (χ4n) is 1.71. The van der Waals surface area contributed by atoms with Crippen LogP contribution < -0.4 is 5.32 Å². The zero-order valence-electron chi connectivity index (χ0n) is 10.4. The van der Waals surface area contributed by atoms with Crippen LogP contribution in [0.4, 0.5) is 0 Å². The average molecular weight is 242 g/mol. The van der Waals surface area contributed by atoms with Crippen molar-refractivity contribution in [2.45, 2.75) is 32.9 Å². The predicted molar refractivity (Wildman–Crippen MR) is 69.1 cm³/mol. The molecule has 90 valence electrons. The van der Waals surface area contributed by atoms with Crippen LogP contribution in [0.3, 0.4) is 0 Å². The summed E-state index contributed by atoms with van der Waals surface area (Å²) in [5.41, 5.74) is 2.28. The Balaban J connectivity index is 2.96. The van der Waals surface area contributed by atoms with Gasteiger partial charge in [-0.1, -0.05) is 30.7 Å². The molecular weight excluding hydrogens is 222 g/mol. The molecule has 0 aliphatic rings. The number of methoxy groups -OCH3 is 1. The number of aryl methyl sites for hydroxylation is 1. The molecule has 0 radical (unpaired) electrons. The Hall–Kier alpha value is -0.570. The standard InChI is InChI=1S/C13H20ClNO/c1-5-15-13(10(3)16-4)11-7-6-9(2)12(14)8-11/h6-8,10,13,15H,5H2,1-4H3. The molecule has 0 amide bonds. The van der Waals surface area contributed by atoms with E-state index < -0.39 is 0 Å². The van der Waals surface area contributed by atoms with Crippen LogP contribution in [0.25, 0.3) is 0 Å². The number of halogens is 1. The molecule has 0 aliphatic heterocycles. The number of likely N-dealkylation sites (N-methyl/N-ethyl adjacent to an activating group) is 1. The second-order valence-corrected chi connectivity index (χ2v) is 4.39. The fraction of sp³-hybridized carbons (Fsp3) is 0.538. The third kappa shape index (κ3) is 3.21. The topological polar surface area (TPSA) is 21.3 Å². The van der Waals surface area contributed by atoms with E-state index >= 15 is 0 Å². The van der Waals surface area contributed by atoms with Gasteiger partial charge < -0.3 is 10.1 Å². The van der Waals surface area contributed by atoms with Crippen molar-refractivity contribution in [2.24, 2.45) is 0 Å². The van der Waals surface area contributed by atoms with Crippen LogP contribution in [0.1, 0.15) is 31.0 Å². The van der Waals surface area contributed by atoms with E-state index in [0.717, 1.165) is 17.1 Å². The monoisotopic (exact) mass is 241 g/mol. The molecule has 1 rings (SSSR count). The fourth-order valence-corrected chi connectivity index (χ4v) is 1.90. The van der Waals surface area contributed by atoms with Crippen molar-refractivity contribution < 1.29 is 4.74 Å². The highest BCUT2D eigenvalue weighted by Crippen LogP contribution is 2.24. The average Bonchev–Trinajstić information content (AvgIpc) is 2.29. The Morgan fingerprint density at radius 3 is 2.62 bits per heavy atom. The maximum Gasteiger partial charge on any atom is 0.0737 e. The van der Waals surface area contributed by atoms with Gasteiger partial charge in [0.2, 0.25) is 0 Å². The van der Waals surface area contributed by atoms with E-state index in [1.165, 1.54) is 5.56 Å². The van der Waals surface area contributed by atoms with Gasteiger partial charge in [-0.2, -0.15) is 0 Å². The molecule has 0 aromatic heterocycles. The van der Waals surface area contributed by atoms with Gasteiger partial charge in [-0.05, 0) is 37.6 Å². The molecule has 0 fully saturated rings. The minimum absolute atomic E-state index is 0.124. The molecule has 1 aromatic carbocycles. The Kier molecular flexibility index (Phi) is 5.26. The number of hydrogen-bond donors (Lipinski definition) is 1. The Bertz CT molecular complexity index is 341. The molecule has 0 heterocycles. The van der Waals surface area contributed by atoms with Gasteiger partial charge in [0.1, 0.15) is 0 Å². The van der Waals surface area contributed by atoms with Gasteiger partial charge in [-0.25, -0.2) is 0 Å². The van der Waals surface area contributed by atoms with Crippen LogP contribution in [-0.4, -0.2) is 19.8 Å². The van der Waals surface area contributed by atoms with Gasteiger partial charge in [0, 0.05) is 12.1 Å². The van der Waals surface area contributed by atoms with Crippen LogP contribution in [0.5, 0.6) is 0 Å². The number of benzene rings is 1. The number of hydrogen-bond acceptors (Lipinski definition) is 2. The molecule has 0 saturated carbocycles. The molecule has 0 aliphatic carbocycles. The Labute approximate surface area is 103 Å². The number of nitrogens with one attached hydrogen (secondary N) is 1. The van der Waals surface area contributed by atoms with E-state index in [-0.39, 0.29) is 12.1 Å². The highest BCUT2D eigenvalue weighted by Gasteiger charge is 2.18. The van der Waals surface area contributed by atoms with Crippen LogP contribution in [0, 0.1) is 6.92 Å². The lowest BCUT2D eigenvalue weighted by Gasteiger charge is -2.24. The molecular formula is C13H20ClNO.